The Morgan fingerprint density at radius 3 is 2.78 bits per heavy atom. The summed E-state index contributed by atoms with van der Waals surface area (Å²) in [6.45, 7) is 3.91. The molecular formula is C12H13F2N3S. The Bertz CT molecular complexity index is 616. The summed E-state index contributed by atoms with van der Waals surface area (Å²) >= 11 is 5.10. The quantitative estimate of drug-likeness (QED) is 0.866. The Morgan fingerprint density at radius 1 is 1.39 bits per heavy atom. The van der Waals surface area contributed by atoms with Crippen LogP contribution in [0.4, 0.5) is 8.78 Å². The third kappa shape index (κ3) is 2.33. The second kappa shape index (κ2) is 4.97. The molecule has 0 bridgehead atoms. The van der Waals surface area contributed by atoms with Crippen LogP contribution in [0.15, 0.2) is 18.2 Å². The number of rotatable bonds is 3. The van der Waals surface area contributed by atoms with Gasteiger partial charge >= 0.3 is 0 Å². The summed E-state index contributed by atoms with van der Waals surface area (Å²) in [5.74, 6) is -1.08. The molecule has 0 aliphatic heterocycles. The Labute approximate surface area is 108 Å². The first-order valence-corrected chi connectivity index (χ1v) is 6.00. The Hall–Kier alpha value is -1.56. The average Bonchev–Trinajstić information content (AvgIpc) is 2.66. The highest BCUT2D eigenvalue weighted by molar-refractivity contribution is 7.71. The number of hydrogen-bond donors (Lipinski definition) is 1. The Kier molecular flexibility index (Phi) is 3.56. The fourth-order valence-electron chi connectivity index (χ4n) is 1.85. The third-order valence-electron chi connectivity index (χ3n) is 2.67. The van der Waals surface area contributed by atoms with E-state index in [1.807, 2.05) is 13.8 Å². The molecule has 18 heavy (non-hydrogen) atoms. The molecule has 1 N–H and O–H groups in total. The van der Waals surface area contributed by atoms with Gasteiger partial charge in [-0.15, -0.1) is 0 Å². The second-order valence-corrected chi connectivity index (χ2v) is 4.69. The molecule has 0 saturated heterocycles. The summed E-state index contributed by atoms with van der Waals surface area (Å²) in [7, 11) is 0. The van der Waals surface area contributed by atoms with Crippen molar-refractivity contribution < 1.29 is 8.78 Å². The zero-order chi connectivity index (χ0) is 13.3. The maximum Gasteiger partial charge on any atom is 0.195 e. The molecule has 0 unspecified atom stereocenters. The highest BCUT2D eigenvalue weighted by atomic mass is 32.1. The molecule has 0 spiro atoms. The molecule has 6 heteroatoms. The molecule has 2 aromatic rings. The van der Waals surface area contributed by atoms with Crippen molar-refractivity contribution in [3.05, 3.63) is 46.0 Å². The summed E-state index contributed by atoms with van der Waals surface area (Å²) in [6.07, 6.45) is 0.203. The number of H-pyrrole nitrogens is 1. The summed E-state index contributed by atoms with van der Waals surface area (Å²) in [4.78, 5) is 0. The van der Waals surface area contributed by atoms with E-state index in [0.29, 0.717) is 10.6 Å². The first-order chi connectivity index (χ1) is 8.50. The summed E-state index contributed by atoms with van der Waals surface area (Å²) < 4.78 is 29.0. The highest BCUT2D eigenvalue weighted by Gasteiger charge is 2.14. The maximum atomic E-state index is 13.6. The van der Waals surface area contributed by atoms with Crippen LogP contribution in [0.2, 0.25) is 0 Å². The van der Waals surface area contributed by atoms with Gasteiger partial charge < -0.3 is 4.57 Å². The Balaban J connectivity index is 2.41. The number of hydrogen-bond acceptors (Lipinski definition) is 2. The van der Waals surface area contributed by atoms with Gasteiger partial charge in [0, 0.05) is 12.5 Å². The van der Waals surface area contributed by atoms with Crippen LogP contribution < -0.4 is 0 Å². The van der Waals surface area contributed by atoms with Crippen LogP contribution in [-0.4, -0.2) is 14.8 Å². The van der Waals surface area contributed by atoms with Crippen molar-refractivity contribution in [1.29, 1.82) is 0 Å². The topological polar surface area (TPSA) is 33.6 Å². The predicted molar refractivity (Wildman–Crippen MR) is 67.0 cm³/mol. The largest absolute Gasteiger partial charge is 0.301 e. The van der Waals surface area contributed by atoms with Crippen molar-refractivity contribution in [2.24, 2.45) is 0 Å². The molecule has 1 aromatic heterocycles. The monoisotopic (exact) mass is 269 g/mol. The molecule has 0 radical (unpaired) electrons. The number of nitrogens with zero attached hydrogens (tertiary/aromatic N) is 2. The molecule has 1 aromatic carbocycles. The fraction of sp³-hybridized carbons (Fsp3) is 0.333. The van der Waals surface area contributed by atoms with Crippen molar-refractivity contribution in [2.45, 2.75) is 26.3 Å². The lowest BCUT2D eigenvalue weighted by Crippen LogP contribution is -2.08. The van der Waals surface area contributed by atoms with Gasteiger partial charge in [-0.2, -0.15) is 5.10 Å². The minimum atomic E-state index is -0.849. The minimum absolute atomic E-state index is 0.114. The maximum absolute atomic E-state index is 13.6. The minimum Gasteiger partial charge on any atom is -0.301 e. The molecule has 2 rings (SSSR count). The van der Waals surface area contributed by atoms with E-state index in [2.05, 4.69) is 10.2 Å². The standard InChI is InChI=1S/C12H13F2N3S/c1-7(2)17-10(15-16-12(17)18)6-8-4-3-5-9(13)11(8)14/h3-5,7H,6H2,1-2H3,(H,16,18). The predicted octanol–water partition coefficient (Wildman–Crippen LogP) is 3.39. The number of aromatic nitrogens is 3. The lowest BCUT2D eigenvalue weighted by Gasteiger charge is -2.10. The number of nitrogens with one attached hydrogen (secondary N) is 1. The smallest absolute Gasteiger partial charge is 0.195 e. The summed E-state index contributed by atoms with van der Waals surface area (Å²) in [6, 6.07) is 4.23. The fourth-order valence-corrected chi connectivity index (χ4v) is 2.21. The van der Waals surface area contributed by atoms with Crippen LogP contribution >= 0.6 is 12.2 Å². The van der Waals surface area contributed by atoms with E-state index in [9.17, 15) is 8.78 Å². The van der Waals surface area contributed by atoms with Gasteiger partial charge in [-0.25, -0.2) is 8.78 Å². The van der Waals surface area contributed by atoms with E-state index in [1.165, 1.54) is 6.07 Å². The van der Waals surface area contributed by atoms with E-state index in [-0.39, 0.29) is 18.0 Å². The van der Waals surface area contributed by atoms with Gasteiger partial charge in [0.25, 0.3) is 0 Å². The molecule has 0 atom stereocenters. The third-order valence-corrected chi connectivity index (χ3v) is 2.96. The van der Waals surface area contributed by atoms with Gasteiger partial charge in [0.05, 0.1) is 0 Å². The molecule has 0 fully saturated rings. The van der Waals surface area contributed by atoms with Gasteiger partial charge in [-0.05, 0) is 37.7 Å². The summed E-state index contributed by atoms with van der Waals surface area (Å²) in [5, 5.41) is 6.73. The zero-order valence-electron chi connectivity index (χ0n) is 10.1. The average molecular weight is 269 g/mol. The first kappa shape index (κ1) is 12.9. The molecule has 0 aliphatic carbocycles. The van der Waals surface area contributed by atoms with Gasteiger partial charge in [0.1, 0.15) is 5.82 Å². The van der Waals surface area contributed by atoms with Crippen LogP contribution in [0, 0.1) is 16.4 Å². The molecule has 96 valence electrons. The van der Waals surface area contributed by atoms with Crippen LogP contribution in [0.5, 0.6) is 0 Å². The van der Waals surface area contributed by atoms with Crippen LogP contribution in [0.25, 0.3) is 0 Å². The molecule has 0 amide bonds. The van der Waals surface area contributed by atoms with E-state index < -0.39 is 11.6 Å². The summed E-state index contributed by atoms with van der Waals surface area (Å²) in [5.41, 5.74) is 0.269. The molecule has 3 nitrogen and oxygen atoms in total. The van der Waals surface area contributed by atoms with Gasteiger partial charge in [0.15, 0.2) is 16.4 Å². The van der Waals surface area contributed by atoms with Gasteiger partial charge in [-0.1, -0.05) is 12.1 Å². The van der Waals surface area contributed by atoms with Crippen molar-refractivity contribution in [1.82, 2.24) is 14.8 Å². The van der Waals surface area contributed by atoms with Crippen molar-refractivity contribution in [2.75, 3.05) is 0 Å². The van der Waals surface area contributed by atoms with Crippen LogP contribution in [-0.2, 0) is 6.42 Å². The van der Waals surface area contributed by atoms with Crippen molar-refractivity contribution in [3.8, 4) is 0 Å². The Morgan fingerprint density at radius 2 is 2.11 bits per heavy atom. The van der Waals surface area contributed by atoms with E-state index in [1.54, 1.807) is 10.6 Å². The molecule has 0 saturated carbocycles. The highest BCUT2D eigenvalue weighted by Crippen LogP contribution is 2.17. The van der Waals surface area contributed by atoms with Gasteiger partial charge in [-0.3, -0.25) is 5.10 Å². The van der Waals surface area contributed by atoms with E-state index >= 15 is 0 Å². The zero-order valence-corrected chi connectivity index (χ0v) is 10.9. The van der Waals surface area contributed by atoms with Crippen LogP contribution in [0.1, 0.15) is 31.3 Å². The van der Waals surface area contributed by atoms with Gasteiger partial charge in [0.2, 0.25) is 0 Å². The lowest BCUT2D eigenvalue weighted by atomic mass is 10.1. The second-order valence-electron chi connectivity index (χ2n) is 4.30. The molecule has 1 heterocycles. The van der Waals surface area contributed by atoms with Crippen molar-refractivity contribution in [3.63, 3.8) is 0 Å². The number of benzene rings is 1. The molecule has 0 aliphatic rings. The SMILES string of the molecule is CC(C)n1c(Cc2cccc(F)c2F)n[nH]c1=S. The normalized spacial score (nSPS) is 11.2. The van der Waals surface area contributed by atoms with Crippen LogP contribution in [0.3, 0.4) is 0 Å². The van der Waals surface area contributed by atoms with E-state index in [4.69, 9.17) is 12.2 Å². The molecular weight excluding hydrogens is 256 g/mol. The first-order valence-electron chi connectivity index (χ1n) is 5.59. The van der Waals surface area contributed by atoms with E-state index in [0.717, 1.165) is 6.07 Å². The number of aromatic amines is 1. The van der Waals surface area contributed by atoms with Crippen molar-refractivity contribution >= 4 is 12.2 Å². The lowest BCUT2D eigenvalue weighted by molar-refractivity contribution is 0.497. The number of halogens is 2.